The summed E-state index contributed by atoms with van der Waals surface area (Å²) in [6.07, 6.45) is 0.214. The number of esters is 1. The third kappa shape index (κ3) is 5.36. The van der Waals surface area contributed by atoms with Gasteiger partial charge in [-0.3, -0.25) is 4.79 Å². The van der Waals surface area contributed by atoms with Gasteiger partial charge in [-0.15, -0.1) is 0 Å². The first-order valence-electron chi connectivity index (χ1n) is 11.0. The molecule has 0 spiro atoms. The van der Waals surface area contributed by atoms with E-state index >= 15 is 0 Å². The molecule has 1 unspecified atom stereocenters. The molecule has 1 aliphatic heterocycles. The summed E-state index contributed by atoms with van der Waals surface area (Å²) in [7, 11) is -2.51. The Labute approximate surface area is 202 Å². The van der Waals surface area contributed by atoms with E-state index in [1.165, 1.54) is 35.7 Å². The molecule has 184 valence electrons. The second-order valence-corrected chi connectivity index (χ2v) is 9.89. The van der Waals surface area contributed by atoms with Gasteiger partial charge in [0.25, 0.3) is 5.91 Å². The smallest absolute Gasteiger partial charge is 0.339 e. The maximum atomic E-state index is 13.2. The summed E-state index contributed by atoms with van der Waals surface area (Å²) in [5.41, 5.74) is 0.395. The third-order valence-electron chi connectivity index (χ3n) is 5.53. The Morgan fingerprint density at radius 3 is 2.43 bits per heavy atom. The number of carbonyl (C=O) groups is 2. The van der Waals surface area contributed by atoms with Crippen LogP contribution in [0.2, 0.25) is 0 Å². The summed E-state index contributed by atoms with van der Waals surface area (Å²) >= 11 is 0. The Kier molecular flexibility index (Phi) is 7.17. The highest BCUT2D eigenvalue weighted by molar-refractivity contribution is 7.89. The lowest BCUT2D eigenvalue weighted by Crippen LogP contribution is -2.29. The highest BCUT2D eigenvalue weighted by Gasteiger charge is 2.32. The van der Waals surface area contributed by atoms with Crippen LogP contribution in [0.1, 0.15) is 40.6 Å². The van der Waals surface area contributed by atoms with Gasteiger partial charge >= 0.3 is 5.97 Å². The summed E-state index contributed by atoms with van der Waals surface area (Å²) in [6, 6.07) is 14.0. The molecule has 2 heterocycles. The molecule has 2 aromatic carbocycles. The summed E-state index contributed by atoms with van der Waals surface area (Å²) in [6.45, 7) is 2.48. The van der Waals surface area contributed by atoms with Crippen molar-refractivity contribution in [3.8, 4) is 5.75 Å². The highest BCUT2D eigenvalue weighted by atomic mass is 32.2. The fourth-order valence-corrected chi connectivity index (χ4v) is 5.46. The largest absolute Gasteiger partial charge is 0.495 e. The van der Waals surface area contributed by atoms with Crippen molar-refractivity contribution in [2.24, 2.45) is 0 Å². The van der Waals surface area contributed by atoms with Gasteiger partial charge in [0.05, 0.1) is 12.7 Å². The van der Waals surface area contributed by atoms with E-state index in [1.54, 1.807) is 37.3 Å². The first-order valence-corrected chi connectivity index (χ1v) is 12.4. The average molecular weight is 500 g/mol. The van der Waals surface area contributed by atoms with E-state index in [0.717, 1.165) is 12.8 Å². The molecule has 3 aromatic rings. The van der Waals surface area contributed by atoms with Gasteiger partial charge < -0.3 is 19.3 Å². The number of methoxy groups -OCH3 is 1. The van der Waals surface area contributed by atoms with Crippen LogP contribution in [-0.2, 0) is 19.6 Å². The van der Waals surface area contributed by atoms with Crippen LogP contribution < -0.4 is 10.1 Å². The Morgan fingerprint density at radius 2 is 1.80 bits per heavy atom. The lowest BCUT2D eigenvalue weighted by molar-refractivity contribution is -0.125. The van der Waals surface area contributed by atoms with Crippen LogP contribution in [0.5, 0.6) is 5.75 Å². The van der Waals surface area contributed by atoms with Gasteiger partial charge in [-0.1, -0.05) is 35.5 Å². The molecule has 1 amide bonds. The van der Waals surface area contributed by atoms with Crippen LogP contribution >= 0.6 is 0 Å². The maximum Gasteiger partial charge on any atom is 0.339 e. The average Bonchev–Trinajstić information content (AvgIpc) is 3.55. The van der Waals surface area contributed by atoms with Crippen LogP contribution in [0, 0.1) is 6.92 Å². The van der Waals surface area contributed by atoms with Crippen molar-refractivity contribution in [2.45, 2.75) is 30.8 Å². The van der Waals surface area contributed by atoms with E-state index in [2.05, 4.69) is 10.5 Å². The van der Waals surface area contributed by atoms with E-state index in [9.17, 15) is 18.0 Å². The molecule has 1 aromatic heterocycles. The topological polar surface area (TPSA) is 128 Å². The zero-order valence-corrected chi connectivity index (χ0v) is 20.1. The zero-order valence-electron chi connectivity index (χ0n) is 19.3. The summed E-state index contributed by atoms with van der Waals surface area (Å²) < 4.78 is 43.5. The number of nitrogens with zero attached hydrogens (tertiary/aromatic N) is 2. The summed E-state index contributed by atoms with van der Waals surface area (Å²) in [5, 5.41) is 6.30. The van der Waals surface area contributed by atoms with Gasteiger partial charge in [-0.2, -0.15) is 4.31 Å². The number of benzene rings is 2. The lowest BCUT2D eigenvalue weighted by atomic mass is 10.1. The molecule has 1 aliphatic rings. The second kappa shape index (κ2) is 10.3. The quantitative estimate of drug-likeness (QED) is 0.468. The molecule has 11 heteroatoms. The van der Waals surface area contributed by atoms with Crippen LogP contribution in [0.25, 0.3) is 0 Å². The van der Waals surface area contributed by atoms with Crippen LogP contribution in [0.4, 0.5) is 5.82 Å². The number of anilines is 1. The zero-order chi connectivity index (χ0) is 25.0. The van der Waals surface area contributed by atoms with Crippen molar-refractivity contribution in [2.75, 3.05) is 25.5 Å². The van der Waals surface area contributed by atoms with Gasteiger partial charge in [-0.05, 0) is 38.0 Å². The van der Waals surface area contributed by atoms with Crippen molar-refractivity contribution in [3.63, 3.8) is 0 Å². The van der Waals surface area contributed by atoms with Gasteiger partial charge in [0, 0.05) is 24.7 Å². The highest BCUT2D eigenvalue weighted by Crippen LogP contribution is 2.31. The fourth-order valence-electron chi connectivity index (χ4n) is 3.77. The molecular formula is C24H25N3O7S. The Bertz CT molecular complexity index is 1320. The Balaban J connectivity index is 1.63. The number of hydrogen-bond donors (Lipinski definition) is 1. The van der Waals surface area contributed by atoms with Crippen molar-refractivity contribution in [1.29, 1.82) is 0 Å². The number of rotatable bonds is 8. The summed E-state index contributed by atoms with van der Waals surface area (Å²) in [4.78, 5) is 26.0. The standard InChI is InChI=1S/C24H25N3O7S/c1-16-14-21(26-34-16)25-23(28)22(17-8-4-3-5-9-17)33-24(29)18-10-11-19(32-2)20(15-18)35(30,31)27-12-6-7-13-27/h3-5,8-11,14-15,22H,6-7,12-13H2,1-2H3,(H,25,26,28). The number of ether oxygens (including phenoxy) is 2. The number of hydrogen-bond acceptors (Lipinski definition) is 8. The molecule has 10 nitrogen and oxygen atoms in total. The van der Waals surface area contributed by atoms with Crippen LogP contribution in [0.3, 0.4) is 0 Å². The van der Waals surface area contributed by atoms with Gasteiger partial charge in [0.1, 0.15) is 16.4 Å². The number of aryl methyl sites for hydroxylation is 1. The van der Waals surface area contributed by atoms with Crippen LogP contribution in [0.15, 0.2) is 64.0 Å². The summed E-state index contributed by atoms with van der Waals surface area (Å²) in [5.74, 6) is -0.721. The van der Waals surface area contributed by atoms with Gasteiger partial charge in [0.15, 0.2) is 5.82 Å². The van der Waals surface area contributed by atoms with E-state index in [0.29, 0.717) is 24.4 Å². The molecule has 0 radical (unpaired) electrons. The normalized spacial score (nSPS) is 14.9. The number of carbonyl (C=O) groups excluding carboxylic acids is 2. The molecule has 1 atom stereocenters. The van der Waals surface area contributed by atoms with Crippen molar-refractivity contribution < 1.29 is 32.0 Å². The number of sulfonamides is 1. The van der Waals surface area contributed by atoms with Crippen LogP contribution in [-0.4, -0.2) is 50.0 Å². The first kappa shape index (κ1) is 24.4. The van der Waals surface area contributed by atoms with Crippen molar-refractivity contribution in [1.82, 2.24) is 9.46 Å². The minimum absolute atomic E-state index is 0.0328. The number of amides is 1. The molecule has 35 heavy (non-hydrogen) atoms. The molecule has 1 saturated heterocycles. The van der Waals surface area contributed by atoms with Crippen molar-refractivity contribution >= 4 is 27.7 Å². The SMILES string of the molecule is COc1ccc(C(=O)OC(C(=O)Nc2cc(C)on2)c2ccccc2)cc1S(=O)(=O)N1CCCC1. The minimum atomic E-state index is -3.87. The molecule has 0 aliphatic carbocycles. The Hall–Kier alpha value is -3.70. The first-order chi connectivity index (χ1) is 16.8. The molecule has 4 rings (SSSR count). The van der Waals surface area contributed by atoms with E-state index in [4.69, 9.17) is 14.0 Å². The molecule has 1 N–H and O–H groups in total. The number of nitrogens with one attached hydrogen (secondary N) is 1. The number of aromatic nitrogens is 1. The molecular weight excluding hydrogens is 474 g/mol. The minimum Gasteiger partial charge on any atom is -0.495 e. The third-order valence-corrected chi connectivity index (χ3v) is 7.45. The lowest BCUT2D eigenvalue weighted by Gasteiger charge is -2.19. The molecule has 1 fully saturated rings. The van der Waals surface area contributed by atoms with Crippen molar-refractivity contribution in [3.05, 3.63) is 71.5 Å². The van der Waals surface area contributed by atoms with Gasteiger partial charge in [0.2, 0.25) is 16.1 Å². The van der Waals surface area contributed by atoms with Gasteiger partial charge in [-0.25, -0.2) is 13.2 Å². The second-order valence-electron chi connectivity index (χ2n) is 7.98. The fraction of sp³-hybridized carbons (Fsp3) is 0.292. The van der Waals surface area contributed by atoms with E-state index in [1.807, 2.05) is 0 Å². The predicted molar refractivity (Wildman–Crippen MR) is 125 cm³/mol. The van der Waals surface area contributed by atoms with E-state index < -0.39 is 28.0 Å². The maximum absolute atomic E-state index is 13.2. The van der Waals surface area contributed by atoms with E-state index in [-0.39, 0.29) is 22.0 Å². The monoisotopic (exact) mass is 499 g/mol. The molecule has 0 bridgehead atoms. The molecule has 0 saturated carbocycles. The predicted octanol–water partition coefficient (Wildman–Crippen LogP) is 3.31. The Morgan fingerprint density at radius 1 is 1.09 bits per heavy atom.